The van der Waals surface area contributed by atoms with Crippen LogP contribution in [0.4, 0.5) is 10.2 Å². The quantitative estimate of drug-likeness (QED) is 0.517. The molecule has 7 nitrogen and oxygen atoms in total. The molecule has 0 aliphatic carbocycles. The summed E-state index contributed by atoms with van der Waals surface area (Å²) in [4.78, 5) is 4.62. The van der Waals surface area contributed by atoms with E-state index in [2.05, 4.69) is 20.5 Å². The molecule has 2 bridgehead atoms. The number of nitrogens with one attached hydrogen (secondary N) is 1. The lowest BCUT2D eigenvalue weighted by atomic mass is 10.1. The number of anilines is 1. The molecular formula is C22H20FN5O2. The van der Waals surface area contributed by atoms with Crippen LogP contribution in [0.3, 0.4) is 0 Å². The molecular weight excluding hydrogens is 385 g/mol. The van der Waals surface area contributed by atoms with Crippen molar-refractivity contribution < 1.29 is 13.9 Å². The van der Waals surface area contributed by atoms with E-state index in [1.54, 1.807) is 12.4 Å². The number of benzene rings is 1. The molecule has 1 aromatic carbocycles. The van der Waals surface area contributed by atoms with E-state index in [9.17, 15) is 4.39 Å². The molecule has 1 aliphatic heterocycles. The number of hydrogen-bond acceptors (Lipinski definition) is 6. The first-order chi connectivity index (χ1) is 14.6. The van der Waals surface area contributed by atoms with E-state index in [-0.39, 0.29) is 12.4 Å². The van der Waals surface area contributed by atoms with Gasteiger partial charge in [0.15, 0.2) is 17.2 Å². The van der Waals surface area contributed by atoms with E-state index in [1.165, 1.54) is 6.07 Å². The van der Waals surface area contributed by atoms with E-state index in [0.29, 0.717) is 41.7 Å². The number of halogens is 1. The van der Waals surface area contributed by atoms with E-state index >= 15 is 0 Å². The van der Waals surface area contributed by atoms with Gasteiger partial charge in [-0.2, -0.15) is 0 Å². The van der Waals surface area contributed by atoms with Crippen LogP contribution in [-0.2, 0) is 6.54 Å². The number of rotatable bonds is 1. The molecule has 4 heterocycles. The van der Waals surface area contributed by atoms with Gasteiger partial charge in [0.2, 0.25) is 0 Å². The van der Waals surface area contributed by atoms with E-state index in [0.717, 1.165) is 22.5 Å². The zero-order valence-electron chi connectivity index (χ0n) is 16.6. The van der Waals surface area contributed by atoms with Gasteiger partial charge in [-0.25, -0.2) is 4.39 Å². The van der Waals surface area contributed by atoms with Crippen LogP contribution >= 0.6 is 0 Å². The van der Waals surface area contributed by atoms with Crippen LogP contribution < -0.4 is 14.8 Å². The summed E-state index contributed by atoms with van der Waals surface area (Å²) in [5.41, 5.74) is 4.44. The number of pyridine rings is 2. The van der Waals surface area contributed by atoms with Gasteiger partial charge in [0, 0.05) is 23.4 Å². The lowest BCUT2D eigenvalue weighted by Gasteiger charge is -2.17. The lowest BCUT2D eigenvalue weighted by molar-refractivity contribution is 0.216. The van der Waals surface area contributed by atoms with Gasteiger partial charge < -0.3 is 14.8 Å². The topological polar surface area (TPSA) is 73.6 Å². The van der Waals surface area contributed by atoms with Crippen molar-refractivity contribution in [3.63, 3.8) is 0 Å². The highest BCUT2D eigenvalue weighted by atomic mass is 19.1. The van der Waals surface area contributed by atoms with Crippen molar-refractivity contribution in [3.8, 4) is 22.8 Å². The zero-order valence-corrected chi connectivity index (χ0v) is 16.6. The largest absolute Gasteiger partial charge is 0.490 e. The highest BCUT2D eigenvalue weighted by Gasteiger charge is 2.19. The molecule has 30 heavy (non-hydrogen) atoms. The van der Waals surface area contributed by atoms with Crippen molar-refractivity contribution in [2.45, 2.75) is 20.4 Å². The van der Waals surface area contributed by atoms with Gasteiger partial charge in [0.05, 0.1) is 5.69 Å². The summed E-state index contributed by atoms with van der Waals surface area (Å²) in [5.74, 6) is 1.62. The Morgan fingerprint density at radius 1 is 1.07 bits per heavy atom. The van der Waals surface area contributed by atoms with Gasteiger partial charge in [-0.1, -0.05) is 6.07 Å². The standard InChI is InChI=1S/C22H20FN5O2/c1-13-4-3-5-18(26-13)15-10-20-22(28-12-25-27-21(15)28)24-11-16-14(2)19(7-6-17(16)23)29-8-9-30-20/h3-7,10,12,24H,8-9,11H2,1-2H3. The highest BCUT2D eigenvalue weighted by molar-refractivity contribution is 5.80. The summed E-state index contributed by atoms with van der Waals surface area (Å²) >= 11 is 0. The van der Waals surface area contributed by atoms with Crippen LogP contribution in [0, 0.1) is 19.7 Å². The monoisotopic (exact) mass is 405 g/mol. The summed E-state index contributed by atoms with van der Waals surface area (Å²) < 4.78 is 28.2. The molecule has 3 aromatic heterocycles. The molecule has 5 rings (SSSR count). The number of fused-ring (bicyclic) bond motifs is 5. The third-order valence-corrected chi connectivity index (χ3v) is 5.23. The summed E-state index contributed by atoms with van der Waals surface area (Å²) in [7, 11) is 0. The first-order valence-corrected chi connectivity index (χ1v) is 9.70. The number of ether oxygens (including phenoxy) is 2. The Labute approximate surface area is 172 Å². The van der Waals surface area contributed by atoms with Crippen LogP contribution in [0.5, 0.6) is 11.5 Å². The molecule has 0 unspecified atom stereocenters. The fourth-order valence-corrected chi connectivity index (χ4v) is 3.68. The second-order valence-electron chi connectivity index (χ2n) is 7.16. The summed E-state index contributed by atoms with van der Waals surface area (Å²) in [6.07, 6.45) is 1.61. The first kappa shape index (κ1) is 18.4. The van der Waals surface area contributed by atoms with Crippen LogP contribution in [0.15, 0.2) is 42.7 Å². The van der Waals surface area contributed by atoms with Crippen molar-refractivity contribution in [1.82, 2.24) is 19.6 Å². The van der Waals surface area contributed by atoms with Crippen LogP contribution in [0.2, 0.25) is 0 Å². The molecule has 1 aliphatic rings. The predicted octanol–water partition coefficient (Wildman–Crippen LogP) is 3.93. The third kappa shape index (κ3) is 3.10. The maximum atomic E-state index is 14.5. The minimum Gasteiger partial charge on any atom is -0.490 e. The summed E-state index contributed by atoms with van der Waals surface area (Å²) in [6.45, 7) is 4.73. The summed E-state index contributed by atoms with van der Waals surface area (Å²) in [6, 6.07) is 10.8. The Hall–Kier alpha value is -3.68. The molecule has 0 fully saturated rings. The second-order valence-corrected chi connectivity index (χ2v) is 7.16. The van der Waals surface area contributed by atoms with Crippen LogP contribution in [0.1, 0.15) is 16.8 Å². The van der Waals surface area contributed by atoms with Gasteiger partial charge in [0.25, 0.3) is 0 Å². The molecule has 1 N–H and O–H groups in total. The Balaban J connectivity index is 1.65. The molecule has 0 saturated heterocycles. The molecule has 0 spiro atoms. The predicted molar refractivity (Wildman–Crippen MR) is 110 cm³/mol. The maximum absolute atomic E-state index is 14.5. The fraction of sp³-hybridized carbons (Fsp3) is 0.227. The van der Waals surface area contributed by atoms with Gasteiger partial charge in [-0.05, 0) is 49.7 Å². The molecule has 0 radical (unpaired) electrons. The maximum Gasteiger partial charge on any atom is 0.171 e. The second kappa shape index (κ2) is 7.29. The number of nitrogens with zero attached hydrogens (tertiary/aromatic N) is 4. The molecule has 8 heteroatoms. The third-order valence-electron chi connectivity index (χ3n) is 5.23. The Kier molecular flexibility index (Phi) is 4.46. The van der Waals surface area contributed by atoms with Gasteiger partial charge in [-0.3, -0.25) is 9.38 Å². The number of hydrogen-bond donors (Lipinski definition) is 1. The SMILES string of the molecule is Cc1cccc(-c2cc3c(n4cnnc24)NCc2c(F)ccc(c2C)OCCO3)n1. The lowest BCUT2D eigenvalue weighted by Crippen LogP contribution is -2.11. The molecule has 0 atom stereocenters. The van der Waals surface area contributed by atoms with Crippen molar-refractivity contribution in [1.29, 1.82) is 0 Å². The van der Waals surface area contributed by atoms with Crippen molar-refractivity contribution in [2.75, 3.05) is 18.5 Å². The van der Waals surface area contributed by atoms with Gasteiger partial charge >= 0.3 is 0 Å². The minimum absolute atomic E-state index is 0.264. The molecule has 4 aromatic rings. The number of aryl methyl sites for hydroxylation is 1. The minimum atomic E-state index is -0.283. The smallest absolute Gasteiger partial charge is 0.171 e. The van der Waals surface area contributed by atoms with Gasteiger partial charge in [0.1, 0.15) is 31.1 Å². The normalized spacial score (nSPS) is 13.6. The van der Waals surface area contributed by atoms with E-state index in [4.69, 9.17) is 9.47 Å². The zero-order chi connectivity index (χ0) is 20.7. The van der Waals surface area contributed by atoms with E-state index in [1.807, 2.05) is 42.5 Å². The van der Waals surface area contributed by atoms with Crippen molar-refractivity contribution in [3.05, 3.63) is 65.4 Å². The highest BCUT2D eigenvalue weighted by Crippen LogP contribution is 2.35. The van der Waals surface area contributed by atoms with Gasteiger partial charge in [-0.15, -0.1) is 10.2 Å². The molecule has 0 saturated carbocycles. The van der Waals surface area contributed by atoms with Crippen molar-refractivity contribution >= 4 is 11.5 Å². The Morgan fingerprint density at radius 3 is 2.73 bits per heavy atom. The molecule has 0 amide bonds. The average molecular weight is 405 g/mol. The Bertz CT molecular complexity index is 1250. The van der Waals surface area contributed by atoms with E-state index < -0.39 is 0 Å². The van der Waals surface area contributed by atoms with Crippen molar-refractivity contribution in [2.24, 2.45) is 0 Å². The Morgan fingerprint density at radius 2 is 1.90 bits per heavy atom. The fourth-order valence-electron chi connectivity index (χ4n) is 3.68. The first-order valence-electron chi connectivity index (χ1n) is 9.70. The van der Waals surface area contributed by atoms with Crippen LogP contribution in [0.25, 0.3) is 16.9 Å². The number of aromatic nitrogens is 4. The van der Waals surface area contributed by atoms with Crippen LogP contribution in [-0.4, -0.2) is 32.8 Å². The average Bonchev–Trinajstić information content (AvgIpc) is 3.21. The molecule has 152 valence electrons. The summed E-state index contributed by atoms with van der Waals surface area (Å²) in [5, 5.41) is 11.7.